The van der Waals surface area contributed by atoms with E-state index < -0.39 is 0 Å². The highest BCUT2D eigenvalue weighted by Gasteiger charge is 2.08. The molecule has 1 amide bonds. The molecule has 0 fully saturated rings. The number of aromatic nitrogens is 2. The van der Waals surface area contributed by atoms with Crippen molar-refractivity contribution in [1.29, 1.82) is 0 Å². The fourth-order valence-electron chi connectivity index (χ4n) is 3.21. The minimum Gasteiger partial charge on any atom is -0.489 e. The van der Waals surface area contributed by atoms with E-state index in [0.717, 1.165) is 11.3 Å². The van der Waals surface area contributed by atoms with Gasteiger partial charge in [-0.15, -0.1) is 0 Å². The van der Waals surface area contributed by atoms with E-state index in [1.165, 1.54) is 4.57 Å². The predicted molar refractivity (Wildman–Crippen MR) is 124 cm³/mol. The van der Waals surface area contributed by atoms with Gasteiger partial charge in [-0.25, -0.2) is 0 Å². The number of hydrogen-bond acceptors (Lipinski definition) is 4. The molecule has 0 radical (unpaired) electrons. The Morgan fingerprint density at radius 1 is 0.968 bits per heavy atom. The molecule has 6 nitrogen and oxygen atoms in total. The number of fused-ring (bicyclic) bond motifs is 1. The zero-order chi connectivity index (χ0) is 21.6. The van der Waals surface area contributed by atoms with E-state index >= 15 is 0 Å². The van der Waals surface area contributed by atoms with Crippen LogP contribution in [-0.4, -0.2) is 15.5 Å². The van der Waals surface area contributed by atoms with Crippen molar-refractivity contribution in [2.75, 3.05) is 5.32 Å². The summed E-state index contributed by atoms with van der Waals surface area (Å²) in [6, 6.07) is 24.3. The second kappa shape index (κ2) is 9.40. The number of para-hydroxylation sites is 1. The number of carbonyl (C=O) groups excluding carboxylic acids is 1. The van der Waals surface area contributed by atoms with Crippen molar-refractivity contribution in [3.05, 3.63) is 99.6 Å². The van der Waals surface area contributed by atoms with E-state index in [4.69, 9.17) is 17.0 Å². The van der Waals surface area contributed by atoms with E-state index in [1.54, 1.807) is 30.3 Å². The molecule has 0 saturated heterocycles. The third-order valence-corrected chi connectivity index (χ3v) is 5.16. The summed E-state index contributed by atoms with van der Waals surface area (Å²) < 4.78 is 7.47. The van der Waals surface area contributed by atoms with Gasteiger partial charge >= 0.3 is 0 Å². The third-order valence-electron chi connectivity index (χ3n) is 4.84. The summed E-state index contributed by atoms with van der Waals surface area (Å²) in [4.78, 5) is 28.1. The normalized spacial score (nSPS) is 10.7. The molecular formula is C24H21N3O3S. The summed E-state index contributed by atoms with van der Waals surface area (Å²) in [6.07, 6.45) is 0.127. The third kappa shape index (κ3) is 5.07. The Hall–Kier alpha value is -3.71. The van der Waals surface area contributed by atoms with Gasteiger partial charge in [-0.3, -0.25) is 14.2 Å². The summed E-state index contributed by atoms with van der Waals surface area (Å²) in [6.45, 7) is 0.677. The average molecular weight is 432 g/mol. The van der Waals surface area contributed by atoms with Crippen molar-refractivity contribution in [1.82, 2.24) is 9.55 Å². The molecule has 4 aromatic rings. The van der Waals surface area contributed by atoms with Gasteiger partial charge in [0.1, 0.15) is 12.4 Å². The van der Waals surface area contributed by atoms with Crippen LogP contribution in [0.25, 0.3) is 10.9 Å². The summed E-state index contributed by atoms with van der Waals surface area (Å²) >= 11 is 5.28. The van der Waals surface area contributed by atoms with E-state index in [-0.39, 0.29) is 24.4 Å². The monoisotopic (exact) mass is 431 g/mol. The molecule has 4 rings (SSSR count). The Kier molecular flexibility index (Phi) is 6.24. The SMILES string of the molecule is O=C(CCn1c(=S)[nH]c2ccccc2c1=O)Nc1ccc(OCc2ccccc2)cc1. The first kappa shape index (κ1) is 20.6. The van der Waals surface area contributed by atoms with E-state index in [0.29, 0.717) is 28.0 Å². The first-order valence-corrected chi connectivity index (χ1v) is 10.3. The van der Waals surface area contributed by atoms with Gasteiger partial charge < -0.3 is 15.0 Å². The van der Waals surface area contributed by atoms with E-state index in [2.05, 4.69) is 10.3 Å². The number of amides is 1. The minimum atomic E-state index is -0.202. The molecule has 0 bridgehead atoms. The first-order chi connectivity index (χ1) is 15.1. The molecule has 2 N–H and O–H groups in total. The van der Waals surface area contributed by atoms with Crippen molar-refractivity contribution >= 4 is 34.7 Å². The van der Waals surface area contributed by atoms with Crippen LogP contribution in [0.4, 0.5) is 5.69 Å². The Morgan fingerprint density at radius 3 is 2.45 bits per heavy atom. The minimum absolute atomic E-state index is 0.127. The van der Waals surface area contributed by atoms with Crippen LogP contribution in [0.3, 0.4) is 0 Å². The van der Waals surface area contributed by atoms with Crippen molar-refractivity contribution in [2.45, 2.75) is 19.6 Å². The van der Waals surface area contributed by atoms with Crippen LogP contribution < -0.4 is 15.6 Å². The van der Waals surface area contributed by atoms with Gasteiger partial charge in [0.25, 0.3) is 5.56 Å². The van der Waals surface area contributed by atoms with Gasteiger partial charge in [0.05, 0.1) is 10.9 Å². The van der Waals surface area contributed by atoms with Gasteiger partial charge in [0.2, 0.25) is 5.91 Å². The molecule has 0 aliphatic carbocycles. The summed E-state index contributed by atoms with van der Waals surface area (Å²) in [5.74, 6) is 0.517. The molecular weight excluding hydrogens is 410 g/mol. The number of ether oxygens (including phenoxy) is 1. The number of carbonyl (C=O) groups is 1. The highest BCUT2D eigenvalue weighted by molar-refractivity contribution is 7.71. The number of hydrogen-bond donors (Lipinski definition) is 2. The Balaban J connectivity index is 1.34. The van der Waals surface area contributed by atoms with Crippen LogP contribution in [0.5, 0.6) is 5.75 Å². The van der Waals surface area contributed by atoms with E-state index in [9.17, 15) is 9.59 Å². The molecule has 7 heteroatoms. The number of aromatic amines is 1. The fraction of sp³-hybridized carbons (Fsp3) is 0.125. The topological polar surface area (TPSA) is 76.1 Å². The maximum absolute atomic E-state index is 12.7. The number of anilines is 1. The summed E-state index contributed by atoms with van der Waals surface area (Å²) in [5, 5.41) is 3.38. The first-order valence-electron chi connectivity index (χ1n) is 9.89. The second-order valence-corrected chi connectivity index (χ2v) is 7.42. The molecule has 156 valence electrons. The molecule has 0 saturated carbocycles. The lowest BCUT2D eigenvalue weighted by Crippen LogP contribution is -2.25. The Labute approximate surface area is 184 Å². The van der Waals surface area contributed by atoms with Crippen molar-refractivity contribution in [3.8, 4) is 5.75 Å². The standard InChI is InChI=1S/C24H21N3O3S/c28-22(14-15-27-23(29)20-8-4-5-9-21(20)26-24(27)31)25-18-10-12-19(13-11-18)30-16-17-6-2-1-3-7-17/h1-13H,14-16H2,(H,25,28)(H,26,31). The second-order valence-electron chi connectivity index (χ2n) is 7.03. The lowest BCUT2D eigenvalue weighted by atomic mass is 10.2. The van der Waals surface area contributed by atoms with Crippen LogP contribution in [-0.2, 0) is 17.9 Å². The number of H-pyrrole nitrogens is 1. The molecule has 31 heavy (non-hydrogen) atoms. The average Bonchev–Trinajstić information content (AvgIpc) is 2.79. The fourth-order valence-corrected chi connectivity index (χ4v) is 3.50. The van der Waals surface area contributed by atoms with Crippen LogP contribution in [0, 0.1) is 4.77 Å². The highest BCUT2D eigenvalue weighted by atomic mass is 32.1. The molecule has 3 aromatic carbocycles. The quantitative estimate of drug-likeness (QED) is 0.417. The maximum atomic E-state index is 12.7. The Bertz CT molecular complexity index is 1310. The van der Waals surface area contributed by atoms with Crippen LogP contribution in [0.1, 0.15) is 12.0 Å². The zero-order valence-corrected chi connectivity index (χ0v) is 17.5. The number of nitrogens with one attached hydrogen (secondary N) is 2. The lowest BCUT2D eigenvalue weighted by molar-refractivity contribution is -0.116. The van der Waals surface area contributed by atoms with Crippen molar-refractivity contribution in [3.63, 3.8) is 0 Å². The van der Waals surface area contributed by atoms with Crippen molar-refractivity contribution < 1.29 is 9.53 Å². The van der Waals surface area contributed by atoms with Crippen LogP contribution in [0.15, 0.2) is 83.7 Å². The smallest absolute Gasteiger partial charge is 0.262 e. The summed E-state index contributed by atoms with van der Waals surface area (Å²) in [7, 11) is 0. The lowest BCUT2D eigenvalue weighted by Gasteiger charge is -2.10. The van der Waals surface area contributed by atoms with Gasteiger partial charge in [0, 0.05) is 18.7 Å². The van der Waals surface area contributed by atoms with Crippen LogP contribution in [0.2, 0.25) is 0 Å². The Morgan fingerprint density at radius 2 is 1.68 bits per heavy atom. The van der Waals surface area contributed by atoms with Crippen LogP contribution >= 0.6 is 12.2 Å². The number of rotatable bonds is 7. The predicted octanol–water partition coefficient (Wildman–Crippen LogP) is 4.67. The molecule has 1 heterocycles. The highest BCUT2D eigenvalue weighted by Crippen LogP contribution is 2.17. The molecule has 0 atom stereocenters. The number of benzene rings is 3. The molecule has 0 unspecified atom stereocenters. The van der Waals surface area contributed by atoms with Gasteiger partial charge in [-0.2, -0.15) is 0 Å². The van der Waals surface area contributed by atoms with Gasteiger partial charge in [0.15, 0.2) is 4.77 Å². The maximum Gasteiger partial charge on any atom is 0.262 e. The number of nitrogens with zero attached hydrogens (tertiary/aromatic N) is 1. The van der Waals surface area contributed by atoms with Gasteiger partial charge in [-0.1, -0.05) is 42.5 Å². The molecule has 1 aromatic heterocycles. The molecule has 0 aliphatic heterocycles. The summed E-state index contributed by atoms with van der Waals surface area (Å²) in [5.41, 5.74) is 2.23. The largest absolute Gasteiger partial charge is 0.489 e. The van der Waals surface area contributed by atoms with E-state index in [1.807, 2.05) is 48.5 Å². The molecule has 0 aliphatic rings. The van der Waals surface area contributed by atoms with Gasteiger partial charge in [-0.05, 0) is 54.2 Å². The zero-order valence-electron chi connectivity index (χ0n) is 16.7. The van der Waals surface area contributed by atoms with Crippen molar-refractivity contribution in [2.24, 2.45) is 0 Å². The molecule has 0 spiro atoms.